The van der Waals surface area contributed by atoms with Gasteiger partial charge in [-0.25, -0.2) is 4.57 Å². The first kappa shape index (κ1) is 59.5. The topological polar surface area (TPSA) is 105 Å². The number of aliphatic hydroxyl groups excluding tert-OH is 1. The molecule has 9 heteroatoms. The molecule has 0 aliphatic heterocycles. The first-order chi connectivity index (χ1) is 29.0. The molecule has 0 aliphatic rings. The number of phosphoric ester groups is 1. The Hall–Kier alpha value is -0.500. The number of amides is 1. The van der Waals surface area contributed by atoms with Gasteiger partial charge in [0.25, 0.3) is 0 Å². The smallest absolute Gasteiger partial charge is 0.391 e. The van der Waals surface area contributed by atoms with E-state index in [1.807, 2.05) is 21.1 Å². The quantitative estimate of drug-likeness (QED) is 0.0319. The molecule has 0 bridgehead atoms. The maximum atomic E-state index is 12.9. The summed E-state index contributed by atoms with van der Waals surface area (Å²) >= 11 is 0. The average Bonchev–Trinajstić information content (AvgIpc) is 3.20. The first-order valence-electron chi connectivity index (χ1n) is 26.4. The fraction of sp³-hybridized carbons (Fsp3) is 0.980. The molecule has 0 aromatic carbocycles. The Kier molecular flexibility index (Phi) is 43.4. The van der Waals surface area contributed by atoms with Crippen molar-refractivity contribution in [1.29, 1.82) is 0 Å². The zero-order chi connectivity index (χ0) is 44.3. The van der Waals surface area contributed by atoms with Crippen LogP contribution in [0.15, 0.2) is 0 Å². The van der Waals surface area contributed by atoms with Crippen LogP contribution in [-0.4, -0.2) is 73.4 Å². The fourth-order valence-corrected chi connectivity index (χ4v) is 8.90. The number of hydrogen-bond acceptors (Lipinski definition) is 5. The second-order valence-electron chi connectivity index (χ2n) is 19.6. The fourth-order valence-electron chi connectivity index (χ4n) is 8.17. The van der Waals surface area contributed by atoms with Gasteiger partial charge in [-0.3, -0.25) is 13.8 Å². The third kappa shape index (κ3) is 45.5. The molecule has 0 heterocycles. The third-order valence-corrected chi connectivity index (χ3v) is 13.3. The number of likely N-dealkylation sites (N-methyl/N-ethyl adjacent to an activating group) is 1. The molecule has 0 radical (unpaired) electrons. The van der Waals surface area contributed by atoms with E-state index < -0.39 is 20.0 Å². The van der Waals surface area contributed by atoms with Gasteiger partial charge in [0.05, 0.1) is 39.9 Å². The lowest BCUT2D eigenvalue weighted by Crippen LogP contribution is -2.46. The second-order valence-corrected chi connectivity index (χ2v) is 21.1. The second kappa shape index (κ2) is 43.7. The molecular weight excluding hydrogens is 768 g/mol. The van der Waals surface area contributed by atoms with Crippen LogP contribution < -0.4 is 5.32 Å². The van der Waals surface area contributed by atoms with Crippen molar-refractivity contribution >= 4 is 13.7 Å². The van der Waals surface area contributed by atoms with Crippen molar-refractivity contribution in [3.05, 3.63) is 0 Å². The summed E-state index contributed by atoms with van der Waals surface area (Å²) < 4.78 is 23.7. The van der Waals surface area contributed by atoms with Gasteiger partial charge < -0.3 is 19.8 Å². The standard InChI is InChI=1S/C51H105N2O6P/c1-6-8-10-12-14-16-18-20-22-23-24-25-26-27-28-29-30-31-33-35-37-39-41-43-45-51(55)52-49(48-59-60(56,57)58-47-46-53(3,4)5)50(54)44-42-40-38-36-34-32-21-19-17-15-13-11-9-7-2/h49-50,54H,6-48H2,1-5H3,(H-,52,55,56,57)/p+1. The average molecular weight is 874 g/mol. The van der Waals surface area contributed by atoms with E-state index >= 15 is 0 Å². The highest BCUT2D eigenvalue weighted by Crippen LogP contribution is 2.43. The lowest BCUT2D eigenvalue weighted by molar-refractivity contribution is -0.870. The minimum atomic E-state index is -4.31. The van der Waals surface area contributed by atoms with Crippen LogP contribution in [0.5, 0.6) is 0 Å². The molecular formula is C51H106N2O6P+. The Morgan fingerprint density at radius 1 is 0.500 bits per heavy atom. The van der Waals surface area contributed by atoms with Gasteiger partial charge in [-0.05, 0) is 12.8 Å². The largest absolute Gasteiger partial charge is 0.472 e. The van der Waals surface area contributed by atoms with Crippen LogP contribution in [0.4, 0.5) is 0 Å². The van der Waals surface area contributed by atoms with E-state index in [0.29, 0.717) is 23.9 Å². The van der Waals surface area contributed by atoms with Gasteiger partial charge in [0.15, 0.2) is 0 Å². The van der Waals surface area contributed by atoms with E-state index in [4.69, 9.17) is 9.05 Å². The van der Waals surface area contributed by atoms with Crippen LogP contribution in [0.3, 0.4) is 0 Å². The van der Waals surface area contributed by atoms with Gasteiger partial charge in [0, 0.05) is 6.42 Å². The lowest BCUT2D eigenvalue weighted by Gasteiger charge is -2.26. The van der Waals surface area contributed by atoms with Gasteiger partial charge in [-0.1, -0.05) is 251 Å². The molecule has 60 heavy (non-hydrogen) atoms. The molecule has 360 valence electrons. The summed E-state index contributed by atoms with van der Waals surface area (Å²) in [6.07, 6.45) is 50.0. The molecule has 0 fully saturated rings. The van der Waals surface area contributed by atoms with Crippen LogP contribution >= 0.6 is 7.82 Å². The first-order valence-corrected chi connectivity index (χ1v) is 27.9. The molecule has 3 unspecified atom stereocenters. The summed E-state index contributed by atoms with van der Waals surface area (Å²) in [7, 11) is 1.63. The molecule has 0 rings (SSSR count). The van der Waals surface area contributed by atoms with E-state index in [2.05, 4.69) is 19.2 Å². The van der Waals surface area contributed by atoms with Crippen molar-refractivity contribution in [3.63, 3.8) is 0 Å². The van der Waals surface area contributed by atoms with E-state index in [1.54, 1.807) is 0 Å². The van der Waals surface area contributed by atoms with Gasteiger partial charge in [-0.2, -0.15) is 0 Å². The van der Waals surface area contributed by atoms with Crippen LogP contribution in [0.1, 0.15) is 271 Å². The molecule has 3 atom stereocenters. The predicted molar refractivity (Wildman–Crippen MR) is 259 cm³/mol. The van der Waals surface area contributed by atoms with Crippen LogP contribution in [0, 0.1) is 0 Å². The summed E-state index contributed by atoms with van der Waals surface area (Å²) in [5, 5.41) is 14.0. The normalized spacial score (nSPS) is 14.1. The predicted octanol–water partition coefficient (Wildman–Crippen LogP) is 15.3. The van der Waals surface area contributed by atoms with Crippen LogP contribution in [0.25, 0.3) is 0 Å². The molecule has 1 amide bonds. The van der Waals surface area contributed by atoms with Crippen LogP contribution in [-0.2, 0) is 18.4 Å². The number of hydrogen-bond donors (Lipinski definition) is 3. The van der Waals surface area contributed by atoms with Crippen molar-refractivity contribution in [2.75, 3.05) is 40.9 Å². The number of aliphatic hydroxyl groups is 1. The number of nitrogens with zero attached hydrogens (tertiary/aromatic N) is 1. The maximum Gasteiger partial charge on any atom is 0.472 e. The Morgan fingerprint density at radius 3 is 1.12 bits per heavy atom. The molecule has 0 aromatic heterocycles. The minimum Gasteiger partial charge on any atom is -0.391 e. The zero-order valence-electron chi connectivity index (χ0n) is 41.0. The van der Waals surface area contributed by atoms with Crippen molar-refractivity contribution in [1.82, 2.24) is 5.32 Å². The van der Waals surface area contributed by atoms with Gasteiger partial charge >= 0.3 is 7.82 Å². The summed E-state index contributed by atoms with van der Waals surface area (Å²) in [6, 6.07) is -0.753. The third-order valence-electron chi connectivity index (χ3n) is 12.4. The SMILES string of the molecule is CCCCCCCCCCCCCCCCCCCCCCCCCCC(=O)NC(COP(=O)(O)OCC[N+](C)(C)C)C(O)CCCCCCCCCCCCCCCC. The lowest BCUT2D eigenvalue weighted by atomic mass is 10.0. The zero-order valence-corrected chi connectivity index (χ0v) is 41.9. The molecule has 0 aromatic rings. The van der Waals surface area contributed by atoms with Crippen molar-refractivity contribution in [2.45, 2.75) is 283 Å². The molecule has 0 saturated heterocycles. The van der Waals surface area contributed by atoms with E-state index in [0.717, 1.165) is 38.5 Å². The number of carbonyl (C=O) groups is 1. The summed E-state index contributed by atoms with van der Waals surface area (Å²) in [5.41, 5.74) is 0. The summed E-state index contributed by atoms with van der Waals surface area (Å²) in [4.78, 5) is 23.2. The van der Waals surface area contributed by atoms with Gasteiger partial charge in [0.2, 0.25) is 5.91 Å². The highest BCUT2D eigenvalue weighted by Gasteiger charge is 2.28. The highest BCUT2D eigenvalue weighted by atomic mass is 31.2. The molecule has 8 nitrogen and oxygen atoms in total. The van der Waals surface area contributed by atoms with Gasteiger partial charge in [-0.15, -0.1) is 0 Å². The Morgan fingerprint density at radius 2 is 0.800 bits per heavy atom. The minimum absolute atomic E-state index is 0.0788. The Bertz CT molecular complexity index is 947. The number of nitrogens with one attached hydrogen (secondary N) is 1. The van der Waals surface area contributed by atoms with Crippen molar-refractivity contribution in [2.24, 2.45) is 0 Å². The molecule has 0 spiro atoms. The Labute approximate surface area is 374 Å². The van der Waals surface area contributed by atoms with E-state index in [1.165, 1.54) is 205 Å². The van der Waals surface area contributed by atoms with E-state index in [-0.39, 0.29) is 19.1 Å². The van der Waals surface area contributed by atoms with E-state index in [9.17, 15) is 19.4 Å². The highest BCUT2D eigenvalue weighted by molar-refractivity contribution is 7.47. The number of unbranched alkanes of at least 4 members (excludes halogenated alkanes) is 36. The van der Waals surface area contributed by atoms with Crippen molar-refractivity contribution in [3.8, 4) is 0 Å². The Balaban J connectivity index is 4.12. The van der Waals surface area contributed by atoms with Crippen LogP contribution in [0.2, 0.25) is 0 Å². The van der Waals surface area contributed by atoms with Gasteiger partial charge in [0.1, 0.15) is 13.2 Å². The molecule has 0 saturated carbocycles. The number of carbonyl (C=O) groups excluding carboxylic acids is 1. The van der Waals surface area contributed by atoms with Crippen molar-refractivity contribution < 1.29 is 32.9 Å². The molecule has 0 aliphatic carbocycles. The number of quaternary nitrogens is 1. The maximum absolute atomic E-state index is 12.9. The summed E-state index contributed by atoms with van der Waals surface area (Å²) in [5.74, 6) is -0.138. The molecule has 3 N–H and O–H groups in total. The number of phosphoric acid groups is 1. The number of rotatable bonds is 49. The monoisotopic (exact) mass is 874 g/mol. The summed E-state index contributed by atoms with van der Waals surface area (Å²) in [6.45, 7) is 4.93.